The molecule has 1 aliphatic rings. The number of ether oxygens (including phenoxy) is 1. The van der Waals surface area contributed by atoms with E-state index in [0.29, 0.717) is 25.4 Å². The molecule has 4 aromatic rings. The van der Waals surface area contributed by atoms with Crippen molar-refractivity contribution in [3.05, 3.63) is 88.0 Å². The highest BCUT2D eigenvalue weighted by Gasteiger charge is 2.31. The number of fused-ring (bicyclic) bond motifs is 1. The summed E-state index contributed by atoms with van der Waals surface area (Å²) in [6.45, 7) is 3.70. The molecule has 0 bridgehead atoms. The average molecular weight is 524 g/mol. The van der Waals surface area contributed by atoms with E-state index in [1.807, 2.05) is 6.07 Å². The monoisotopic (exact) mass is 523 g/mol. The minimum absolute atomic E-state index is 0.0167. The van der Waals surface area contributed by atoms with E-state index in [-0.39, 0.29) is 27.9 Å². The number of amides is 1. The van der Waals surface area contributed by atoms with E-state index in [1.54, 1.807) is 18.3 Å². The fraction of sp³-hybridized carbons (Fsp3) is 0.259. The molecule has 0 saturated carbocycles. The Labute approximate surface area is 215 Å². The summed E-state index contributed by atoms with van der Waals surface area (Å²) in [6.07, 6.45) is -3.00. The summed E-state index contributed by atoms with van der Waals surface area (Å²) in [7, 11) is 1.43. The Morgan fingerprint density at radius 2 is 1.84 bits per heavy atom. The molecular formula is C27H24F3N5O3. The second-order valence-corrected chi connectivity index (χ2v) is 8.96. The molecule has 2 aromatic carbocycles. The van der Waals surface area contributed by atoms with Crippen LogP contribution in [0.25, 0.3) is 22.3 Å². The number of hydrogen-bond donors (Lipinski definition) is 1. The summed E-state index contributed by atoms with van der Waals surface area (Å²) in [5, 5.41) is 2.95. The number of carbonyl (C=O) groups excluding carboxylic acids is 1. The number of pyridine rings is 1. The first kappa shape index (κ1) is 25.6. The molecule has 0 atom stereocenters. The minimum Gasteiger partial charge on any atom is -0.379 e. The van der Waals surface area contributed by atoms with E-state index in [4.69, 9.17) is 4.74 Å². The van der Waals surface area contributed by atoms with E-state index < -0.39 is 23.2 Å². The predicted molar refractivity (Wildman–Crippen MR) is 136 cm³/mol. The topological polar surface area (TPSA) is 89.3 Å². The largest absolute Gasteiger partial charge is 0.416 e. The lowest BCUT2D eigenvalue weighted by atomic mass is 10.1. The SMILES string of the molecule is Cn1c(-c2cccc(C(F)(F)F)c2)nc2c(C(=O)Nc3ccc(CN4CCOCC4)nc3)cccc2c1=O. The number of morpholine rings is 1. The molecule has 0 unspecified atom stereocenters. The first-order valence-electron chi connectivity index (χ1n) is 11.9. The van der Waals surface area contributed by atoms with Crippen LogP contribution in [-0.4, -0.2) is 51.6 Å². The van der Waals surface area contributed by atoms with E-state index in [0.717, 1.165) is 30.9 Å². The number of benzene rings is 2. The first-order chi connectivity index (χ1) is 18.2. The standard InChI is InChI=1S/C27H24F3N5O3/c1-34-24(17-4-2-5-18(14-17)27(28,29)30)33-23-21(6-3-7-22(23)26(34)37)25(36)32-19-8-9-20(31-15-19)16-35-10-12-38-13-11-35/h2-9,14-15H,10-13,16H2,1H3,(H,32,36). The van der Waals surface area contributed by atoms with Gasteiger partial charge in [0, 0.05) is 32.2 Å². The van der Waals surface area contributed by atoms with Crippen LogP contribution in [0.2, 0.25) is 0 Å². The van der Waals surface area contributed by atoms with Crippen molar-refractivity contribution in [2.45, 2.75) is 12.7 Å². The van der Waals surface area contributed by atoms with Crippen LogP contribution in [0, 0.1) is 0 Å². The van der Waals surface area contributed by atoms with Crippen LogP contribution in [0.1, 0.15) is 21.6 Å². The number of rotatable bonds is 5. The lowest BCUT2D eigenvalue weighted by Gasteiger charge is -2.26. The summed E-state index contributed by atoms with van der Waals surface area (Å²) in [6, 6.07) is 12.7. The quantitative estimate of drug-likeness (QED) is 0.424. The number of aromatic nitrogens is 3. The van der Waals surface area contributed by atoms with Gasteiger partial charge in [-0.1, -0.05) is 18.2 Å². The number of alkyl halides is 3. The fourth-order valence-electron chi connectivity index (χ4n) is 4.35. The van der Waals surface area contributed by atoms with Gasteiger partial charge in [-0.2, -0.15) is 13.2 Å². The predicted octanol–water partition coefficient (Wildman–Crippen LogP) is 4.10. The molecule has 0 radical (unpaired) electrons. The molecule has 0 spiro atoms. The molecule has 1 aliphatic heterocycles. The highest BCUT2D eigenvalue weighted by atomic mass is 19.4. The van der Waals surface area contributed by atoms with Gasteiger partial charge in [0.25, 0.3) is 11.5 Å². The number of nitrogens with zero attached hydrogens (tertiary/aromatic N) is 4. The van der Waals surface area contributed by atoms with E-state index in [9.17, 15) is 22.8 Å². The molecule has 1 fully saturated rings. The molecule has 8 nitrogen and oxygen atoms in total. The Hall–Kier alpha value is -4.09. The lowest BCUT2D eigenvalue weighted by Crippen LogP contribution is -2.35. The number of halogens is 3. The van der Waals surface area contributed by atoms with Crippen LogP contribution in [0.3, 0.4) is 0 Å². The molecule has 1 amide bonds. The van der Waals surface area contributed by atoms with E-state index in [1.165, 1.54) is 35.9 Å². The van der Waals surface area contributed by atoms with Gasteiger partial charge in [0.2, 0.25) is 0 Å². The van der Waals surface area contributed by atoms with Gasteiger partial charge in [-0.05, 0) is 36.4 Å². The van der Waals surface area contributed by atoms with Crippen molar-refractivity contribution >= 4 is 22.5 Å². The summed E-state index contributed by atoms with van der Waals surface area (Å²) in [5.41, 5.74) is 0.288. The maximum atomic E-state index is 13.3. The van der Waals surface area contributed by atoms with Crippen LogP contribution in [0.4, 0.5) is 18.9 Å². The second kappa shape index (κ2) is 10.3. The number of para-hydroxylation sites is 1. The number of nitrogens with one attached hydrogen (secondary N) is 1. The Morgan fingerprint density at radius 1 is 1.08 bits per heavy atom. The molecule has 11 heteroatoms. The Kier molecular flexibility index (Phi) is 6.96. The van der Waals surface area contributed by atoms with Crippen molar-refractivity contribution in [2.75, 3.05) is 31.6 Å². The summed E-state index contributed by atoms with van der Waals surface area (Å²) < 4.78 is 46.4. The normalized spacial score (nSPS) is 14.5. The van der Waals surface area contributed by atoms with Crippen molar-refractivity contribution in [3.8, 4) is 11.4 Å². The van der Waals surface area contributed by atoms with Gasteiger partial charge in [-0.15, -0.1) is 0 Å². The Morgan fingerprint density at radius 3 is 2.55 bits per heavy atom. The number of carbonyl (C=O) groups is 1. The summed E-state index contributed by atoms with van der Waals surface area (Å²) in [5.74, 6) is -0.503. The molecule has 3 heterocycles. The fourth-order valence-corrected chi connectivity index (χ4v) is 4.35. The molecule has 5 rings (SSSR count). The van der Waals surface area contributed by atoms with Crippen LogP contribution in [0.5, 0.6) is 0 Å². The van der Waals surface area contributed by atoms with Gasteiger partial charge in [0.05, 0.1) is 52.8 Å². The summed E-state index contributed by atoms with van der Waals surface area (Å²) >= 11 is 0. The highest BCUT2D eigenvalue weighted by Crippen LogP contribution is 2.32. The third-order valence-corrected chi connectivity index (χ3v) is 6.37. The van der Waals surface area contributed by atoms with Gasteiger partial charge < -0.3 is 10.1 Å². The number of anilines is 1. The van der Waals surface area contributed by atoms with E-state index in [2.05, 4.69) is 20.2 Å². The average Bonchev–Trinajstić information content (AvgIpc) is 2.91. The van der Waals surface area contributed by atoms with Crippen molar-refractivity contribution in [1.29, 1.82) is 0 Å². The smallest absolute Gasteiger partial charge is 0.379 e. The third kappa shape index (κ3) is 5.29. The van der Waals surface area contributed by atoms with Gasteiger partial charge in [-0.25, -0.2) is 4.98 Å². The van der Waals surface area contributed by atoms with Crippen molar-refractivity contribution in [1.82, 2.24) is 19.4 Å². The lowest BCUT2D eigenvalue weighted by molar-refractivity contribution is -0.137. The third-order valence-electron chi connectivity index (χ3n) is 6.37. The van der Waals surface area contributed by atoms with Gasteiger partial charge in [0.15, 0.2) is 0 Å². The maximum absolute atomic E-state index is 13.3. The minimum atomic E-state index is -4.55. The van der Waals surface area contributed by atoms with Crippen LogP contribution in [0.15, 0.2) is 65.6 Å². The second-order valence-electron chi connectivity index (χ2n) is 8.96. The van der Waals surface area contributed by atoms with Crippen molar-refractivity contribution in [2.24, 2.45) is 7.05 Å². The summed E-state index contributed by atoms with van der Waals surface area (Å²) in [4.78, 5) is 37.4. The molecule has 1 N–H and O–H groups in total. The molecule has 38 heavy (non-hydrogen) atoms. The zero-order valence-electron chi connectivity index (χ0n) is 20.5. The van der Waals surface area contributed by atoms with Crippen LogP contribution in [-0.2, 0) is 24.5 Å². The highest BCUT2D eigenvalue weighted by molar-refractivity contribution is 6.11. The maximum Gasteiger partial charge on any atom is 0.416 e. The Bertz CT molecular complexity index is 1540. The van der Waals surface area contributed by atoms with Crippen molar-refractivity contribution in [3.63, 3.8) is 0 Å². The Balaban J connectivity index is 1.45. The molecule has 196 valence electrons. The molecule has 1 saturated heterocycles. The van der Waals surface area contributed by atoms with Gasteiger partial charge >= 0.3 is 6.18 Å². The van der Waals surface area contributed by atoms with E-state index >= 15 is 0 Å². The molecule has 0 aliphatic carbocycles. The molecule has 2 aromatic heterocycles. The zero-order chi connectivity index (χ0) is 26.9. The van der Waals surface area contributed by atoms with Crippen LogP contribution < -0.4 is 10.9 Å². The number of hydrogen-bond acceptors (Lipinski definition) is 6. The van der Waals surface area contributed by atoms with Crippen molar-refractivity contribution < 1.29 is 22.7 Å². The van der Waals surface area contributed by atoms with Crippen LogP contribution >= 0.6 is 0 Å². The van der Waals surface area contributed by atoms with Gasteiger partial charge in [0.1, 0.15) is 5.82 Å². The first-order valence-corrected chi connectivity index (χ1v) is 11.9. The molecular weight excluding hydrogens is 499 g/mol. The zero-order valence-corrected chi connectivity index (χ0v) is 20.5. The van der Waals surface area contributed by atoms with Gasteiger partial charge in [-0.3, -0.25) is 24.0 Å².